The lowest BCUT2D eigenvalue weighted by Crippen LogP contribution is -2.38. The van der Waals surface area contributed by atoms with E-state index in [9.17, 15) is 0 Å². The van der Waals surface area contributed by atoms with E-state index in [1.165, 1.54) is 5.56 Å². The van der Waals surface area contributed by atoms with Gasteiger partial charge in [-0.05, 0) is 5.92 Å². The highest BCUT2D eigenvalue weighted by atomic mass is 16.5. The minimum absolute atomic E-state index is 0.363. The van der Waals surface area contributed by atoms with Crippen molar-refractivity contribution in [1.82, 2.24) is 20.0 Å². The Bertz CT molecular complexity index is 820. The third-order valence-corrected chi connectivity index (χ3v) is 4.71. The molecule has 0 radical (unpaired) electrons. The molecule has 0 bridgehead atoms. The molecule has 0 saturated heterocycles. The molecule has 0 amide bonds. The standard InChI is InChI=1S/C21H33N5O3/c1-14(2)20-15(13-26(5)24-20)12-25(4)21(22-3)23-11-17-18(28-7)9-16(27-6)10-19(17)29-8/h9-10,13-14H,11-12H2,1-8H3,(H,22,23). The molecule has 160 valence electrons. The number of ether oxygens (including phenoxy) is 3. The molecule has 0 aliphatic heterocycles. The van der Waals surface area contributed by atoms with Crippen molar-refractivity contribution in [1.29, 1.82) is 0 Å². The van der Waals surface area contributed by atoms with E-state index in [1.807, 2.05) is 30.9 Å². The first-order valence-electron chi connectivity index (χ1n) is 9.57. The third kappa shape index (κ3) is 5.34. The zero-order valence-electron chi connectivity index (χ0n) is 18.7. The van der Waals surface area contributed by atoms with Gasteiger partial charge in [-0.25, -0.2) is 0 Å². The van der Waals surface area contributed by atoms with Gasteiger partial charge in [0.2, 0.25) is 0 Å². The normalized spacial score (nSPS) is 11.6. The highest BCUT2D eigenvalue weighted by Crippen LogP contribution is 2.33. The number of nitrogens with zero attached hydrogens (tertiary/aromatic N) is 4. The number of aryl methyl sites for hydroxylation is 1. The van der Waals surface area contributed by atoms with Gasteiger partial charge >= 0.3 is 0 Å². The minimum Gasteiger partial charge on any atom is -0.496 e. The van der Waals surface area contributed by atoms with Crippen molar-refractivity contribution in [2.24, 2.45) is 12.0 Å². The van der Waals surface area contributed by atoms with Gasteiger partial charge < -0.3 is 24.4 Å². The number of methoxy groups -OCH3 is 3. The lowest BCUT2D eigenvalue weighted by Gasteiger charge is -2.23. The number of nitrogens with one attached hydrogen (secondary N) is 1. The van der Waals surface area contributed by atoms with E-state index in [4.69, 9.17) is 14.2 Å². The van der Waals surface area contributed by atoms with Crippen LogP contribution in [0, 0.1) is 0 Å². The van der Waals surface area contributed by atoms with Crippen molar-refractivity contribution in [3.63, 3.8) is 0 Å². The van der Waals surface area contributed by atoms with Crippen molar-refractivity contribution < 1.29 is 14.2 Å². The summed E-state index contributed by atoms with van der Waals surface area (Å²) in [4.78, 5) is 6.50. The molecule has 0 fully saturated rings. The van der Waals surface area contributed by atoms with Gasteiger partial charge in [-0.15, -0.1) is 0 Å². The molecule has 1 N–H and O–H groups in total. The number of hydrogen-bond donors (Lipinski definition) is 1. The second-order valence-corrected chi connectivity index (χ2v) is 7.14. The Balaban J connectivity index is 2.17. The largest absolute Gasteiger partial charge is 0.496 e. The maximum absolute atomic E-state index is 5.53. The summed E-state index contributed by atoms with van der Waals surface area (Å²) in [6.07, 6.45) is 2.06. The van der Waals surface area contributed by atoms with Crippen LogP contribution < -0.4 is 19.5 Å². The number of aromatic nitrogens is 2. The summed E-state index contributed by atoms with van der Waals surface area (Å²) in [6, 6.07) is 3.69. The summed E-state index contributed by atoms with van der Waals surface area (Å²) < 4.78 is 18.2. The zero-order chi connectivity index (χ0) is 21.6. The van der Waals surface area contributed by atoms with E-state index in [2.05, 4.69) is 40.4 Å². The summed E-state index contributed by atoms with van der Waals surface area (Å²) in [5, 5.41) is 7.98. The van der Waals surface area contributed by atoms with Crippen LogP contribution in [0.4, 0.5) is 0 Å². The number of rotatable bonds is 8. The van der Waals surface area contributed by atoms with Gasteiger partial charge in [-0.3, -0.25) is 9.67 Å². The average Bonchev–Trinajstić information content (AvgIpc) is 3.08. The summed E-state index contributed by atoms with van der Waals surface area (Å²) >= 11 is 0. The lowest BCUT2D eigenvalue weighted by atomic mass is 10.1. The van der Waals surface area contributed by atoms with Crippen LogP contribution in [0.25, 0.3) is 0 Å². The molecule has 0 saturated carbocycles. The van der Waals surface area contributed by atoms with E-state index in [1.54, 1.807) is 28.4 Å². The first-order chi connectivity index (χ1) is 13.8. The Morgan fingerprint density at radius 2 is 1.79 bits per heavy atom. The van der Waals surface area contributed by atoms with Crippen molar-refractivity contribution in [3.8, 4) is 17.2 Å². The van der Waals surface area contributed by atoms with E-state index < -0.39 is 0 Å². The van der Waals surface area contributed by atoms with Gasteiger partial charge in [-0.1, -0.05) is 13.8 Å². The van der Waals surface area contributed by atoms with Gasteiger partial charge in [-0.2, -0.15) is 5.10 Å². The highest BCUT2D eigenvalue weighted by Gasteiger charge is 2.17. The Kier molecular flexibility index (Phi) is 7.75. The van der Waals surface area contributed by atoms with Crippen molar-refractivity contribution in [2.75, 3.05) is 35.4 Å². The molecule has 1 aromatic heterocycles. The lowest BCUT2D eigenvalue weighted by molar-refractivity contribution is 0.367. The molecular weight excluding hydrogens is 370 g/mol. The maximum Gasteiger partial charge on any atom is 0.193 e. The highest BCUT2D eigenvalue weighted by molar-refractivity contribution is 5.79. The molecule has 0 unspecified atom stereocenters. The minimum atomic E-state index is 0.363. The molecule has 0 spiro atoms. The van der Waals surface area contributed by atoms with Crippen LogP contribution in [-0.2, 0) is 20.1 Å². The maximum atomic E-state index is 5.53. The van der Waals surface area contributed by atoms with Crippen molar-refractivity contribution in [2.45, 2.75) is 32.9 Å². The van der Waals surface area contributed by atoms with Crippen LogP contribution in [-0.4, -0.2) is 56.1 Å². The van der Waals surface area contributed by atoms with Crippen LogP contribution in [0.1, 0.15) is 36.6 Å². The predicted octanol–water partition coefficient (Wildman–Crippen LogP) is 2.78. The summed E-state index contributed by atoms with van der Waals surface area (Å²) in [5.74, 6) is 3.20. The molecule has 0 aliphatic rings. The van der Waals surface area contributed by atoms with E-state index in [-0.39, 0.29) is 0 Å². The first kappa shape index (κ1) is 22.4. The number of aliphatic imine (C=N–C) groups is 1. The molecule has 8 nitrogen and oxygen atoms in total. The molecule has 8 heteroatoms. The van der Waals surface area contributed by atoms with Crippen LogP contribution >= 0.6 is 0 Å². The zero-order valence-corrected chi connectivity index (χ0v) is 18.7. The molecule has 0 atom stereocenters. The Hall–Kier alpha value is -2.90. The molecule has 0 aliphatic carbocycles. The summed E-state index contributed by atoms with van der Waals surface area (Å²) in [5.41, 5.74) is 3.19. The smallest absolute Gasteiger partial charge is 0.193 e. The quantitative estimate of drug-likeness (QED) is 0.540. The first-order valence-corrected chi connectivity index (χ1v) is 9.57. The van der Waals surface area contributed by atoms with Crippen LogP contribution in [0.5, 0.6) is 17.2 Å². The Morgan fingerprint density at radius 3 is 2.28 bits per heavy atom. The van der Waals surface area contributed by atoms with Gasteiger partial charge in [0.1, 0.15) is 17.2 Å². The van der Waals surface area contributed by atoms with Gasteiger partial charge in [0.25, 0.3) is 0 Å². The Labute approximate surface area is 173 Å². The van der Waals surface area contributed by atoms with E-state index in [0.717, 1.165) is 17.2 Å². The fraction of sp³-hybridized carbons (Fsp3) is 0.524. The topological polar surface area (TPSA) is 73.1 Å². The van der Waals surface area contributed by atoms with Crippen LogP contribution in [0.2, 0.25) is 0 Å². The molecule has 2 rings (SSSR count). The SMILES string of the molecule is CN=C(NCc1c(OC)cc(OC)cc1OC)N(C)Cc1cn(C)nc1C(C)C. The van der Waals surface area contributed by atoms with Crippen LogP contribution in [0.15, 0.2) is 23.3 Å². The third-order valence-electron chi connectivity index (χ3n) is 4.71. The fourth-order valence-electron chi connectivity index (χ4n) is 3.30. The summed E-state index contributed by atoms with van der Waals surface area (Å²) in [7, 11) is 10.6. The van der Waals surface area contributed by atoms with Crippen LogP contribution in [0.3, 0.4) is 0 Å². The number of hydrogen-bond acceptors (Lipinski definition) is 5. The second kappa shape index (κ2) is 10.0. The predicted molar refractivity (Wildman–Crippen MR) is 115 cm³/mol. The molecule has 2 aromatic rings. The average molecular weight is 404 g/mol. The molecule has 1 aromatic carbocycles. The van der Waals surface area contributed by atoms with Crippen molar-refractivity contribution in [3.05, 3.63) is 35.2 Å². The molecular formula is C21H33N5O3. The fourth-order valence-corrected chi connectivity index (χ4v) is 3.30. The van der Waals surface area contributed by atoms with E-state index in [0.29, 0.717) is 36.3 Å². The number of guanidine groups is 1. The molecule has 1 heterocycles. The number of benzene rings is 1. The Morgan fingerprint density at radius 1 is 1.17 bits per heavy atom. The van der Waals surface area contributed by atoms with Gasteiger partial charge in [0.15, 0.2) is 5.96 Å². The molecule has 29 heavy (non-hydrogen) atoms. The van der Waals surface area contributed by atoms with Crippen molar-refractivity contribution >= 4 is 5.96 Å². The second-order valence-electron chi connectivity index (χ2n) is 7.14. The van der Waals surface area contributed by atoms with Gasteiger partial charge in [0.05, 0.1) is 39.1 Å². The van der Waals surface area contributed by atoms with Gasteiger partial charge in [0, 0.05) is 51.6 Å². The summed E-state index contributed by atoms with van der Waals surface area (Å²) in [6.45, 7) is 5.51. The van der Waals surface area contributed by atoms with E-state index >= 15 is 0 Å². The monoisotopic (exact) mass is 403 g/mol.